The van der Waals surface area contributed by atoms with Crippen LogP contribution in [0.5, 0.6) is 0 Å². The van der Waals surface area contributed by atoms with Crippen molar-refractivity contribution in [1.29, 1.82) is 0 Å². The van der Waals surface area contributed by atoms with Gasteiger partial charge in [0.05, 0.1) is 6.54 Å². The molecule has 0 saturated carbocycles. The average Bonchev–Trinajstić information content (AvgIpc) is 3.20. The number of hydrogen-bond acceptors (Lipinski definition) is 6. The quantitative estimate of drug-likeness (QED) is 0.706. The molecule has 126 valence electrons. The minimum atomic E-state index is -3.98. The van der Waals surface area contributed by atoms with E-state index in [9.17, 15) is 22.7 Å². The summed E-state index contributed by atoms with van der Waals surface area (Å²) in [5.41, 5.74) is -3.88. The molecule has 0 aliphatic rings. The second-order valence-electron chi connectivity index (χ2n) is 4.90. The van der Waals surface area contributed by atoms with Crippen LogP contribution in [0.25, 0.3) is 0 Å². The van der Waals surface area contributed by atoms with E-state index in [1.165, 1.54) is 5.38 Å². The molecule has 11 heteroatoms. The lowest BCUT2D eigenvalue weighted by Gasteiger charge is -2.34. The van der Waals surface area contributed by atoms with E-state index in [4.69, 9.17) is 0 Å². The van der Waals surface area contributed by atoms with E-state index >= 15 is 0 Å². The van der Waals surface area contributed by atoms with Crippen molar-refractivity contribution < 1.29 is 22.7 Å². The Bertz CT molecular complexity index is 827. The molecule has 0 fully saturated rings. The largest absolute Gasteiger partial charge is 0.377 e. The van der Waals surface area contributed by atoms with Gasteiger partial charge in [-0.1, -0.05) is 0 Å². The molecule has 1 N–H and O–H groups in total. The minimum Gasteiger partial charge on any atom is -0.377 e. The Morgan fingerprint density at radius 2 is 2.04 bits per heavy atom. The van der Waals surface area contributed by atoms with Crippen molar-refractivity contribution in [2.45, 2.75) is 18.1 Å². The van der Waals surface area contributed by atoms with Crippen molar-refractivity contribution >= 4 is 11.3 Å². The Morgan fingerprint density at radius 1 is 1.25 bits per heavy atom. The zero-order valence-electron chi connectivity index (χ0n) is 11.8. The Hall–Kier alpha value is -2.40. The van der Waals surface area contributed by atoms with Gasteiger partial charge in [-0.15, -0.1) is 16.4 Å². The molecule has 0 spiro atoms. The Balaban J connectivity index is 2.17. The highest BCUT2D eigenvalue weighted by atomic mass is 32.1. The molecule has 3 aromatic rings. The SMILES string of the molecule is OC(Cn1cnnn1)(c1ccc(F)cc1F)C(F)(F)c1nccs1. The normalized spacial score (nSPS) is 14.5. The number of alkyl halides is 2. The lowest BCUT2D eigenvalue weighted by atomic mass is 9.86. The van der Waals surface area contributed by atoms with Crippen LogP contribution in [0, 0.1) is 11.6 Å². The van der Waals surface area contributed by atoms with Crippen LogP contribution < -0.4 is 0 Å². The van der Waals surface area contributed by atoms with Gasteiger partial charge in [0.1, 0.15) is 18.0 Å². The number of benzene rings is 1. The van der Waals surface area contributed by atoms with Crippen LogP contribution in [0.15, 0.2) is 36.1 Å². The Morgan fingerprint density at radius 3 is 2.62 bits per heavy atom. The van der Waals surface area contributed by atoms with Crippen LogP contribution in [0.3, 0.4) is 0 Å². The summed E-state index contributed by atoms with van der Waals surface area (Å²) < 4.78 is 58.0. The lowest BCUT2D eigenvalue weighted by molar-refractivity contribution is -0.205. The summed E-state index contributed by atoms with van der Waals surface area (Å²) in [6.45, 7) is -0.866. The number of hydrogen-bond donors (Lipinski definition) is 1. The van der Waals surface area contributed by atoms with Crippen molar-refractivity contribution in [3.8, 4) is 0 Å². The molecular formula is C13H9F4N5OS. The molecule has 3 rings (SSSR count). The number of halogens is 4. The average molecular weight is 359 g/mol. The predicted molar refractivity (Wildman–Crippen MR) is 74.1 cm³/mol. The summed E-state index contributed by atoms with van der Waals surface area (Å²) in [7, 11) is 0. The van der Waals surface area contributed by atoms with E-state index in [-0.39, 0.29) is 0 Å². The fourth-order valence-corrected chi connectivity index (χ4v) is 2.91. The Kier molecular flexibility index (Phi) is 4.05. The molecule has 0 amide bonds. The number of nitrogens with zero attached hydrogens (tertiary/aromatic N) is 5. The topological polar surface area (TPSA) is 76.7 Å². The van der Waals surface area contributed by atoms with Gasteiger partial charge >= 0.3 is 5.92 Å². The maximum atomic E-state index is 15.0. The second-order valence-corrected chi connectivity index (χ2v) is 5.80. The first-order chi connectivity index (χ1) is 11.3. The van der Waals surface area contributed by atoms with Gasteiger partial charge in [0.25, 0.3) is 0 Å². The fourth-order valence-electron chi connectivity index (χ4n) is 2.22. The van der Waals surface area contributed by atoms with Gasteiger partial charge in [0.15, 0.2) is 10.6 Å². The van der Waals surface area contributed by atoms with Crippen LogP contribution in [-0.2, 0) is 18.1 Å². The number of aliphatic hydroxyl groups is 1. The molecule has 1 atom stereocenters. The van der Waals surface area contributed by atoms with Crippen molar-refractivity contribution in [3.63, 3.8) is 0 Å². The minimum absolute atomic E-state index is 0.415. The maximum Gasteiger partial charge on any atom is 0.332 e. The molecule has 2 heterocycles. The summed E-state index contributed by atoms with van der Waals surface area (Å²) in [5, 5.41) is 21.3. The first-order valence-electron chi connectivity index (χ1n) is 6.51. The van der Waals surface area contributed by atoms with Gasteiger partial charge in [-0.3, -0.25) is 0 Å². The standard InChI is InChI=1S/C13H9F4N5OS/c14-8-1-2-9(10(15)5-8)12(23,6-22-7-19-20-21-22)13(16,17)11-18-3-4-24-11/h1-5,7,23H,6H2. The molecule has 0 bridgehead atoms. The van der Waals surface area contributed by atoms with Gasteiger partial charge in [-0.05, 0) is 22.6 Å². The van der Waals surface area contributed by atoms with E-state index in [2.05, 4.69) is 20.5 Å². The van der Waals surface area contributed by atoms with E-state index in [0.717, 1.165) is 29.3 Å². The summed E-state index contributed by atoms with van der Waals surface area (Å²) in [5.74, 6) is -6.26. The van der Waals surface area contributed by atoms with Crippen LogP contribution in [0.2, 0.25) is 0 Å². The van der Waals surface area contributed by atoms with Crippen LogP contribution >= 0.6 is 11.3 Å². The van der Waals surface area contributed by atoms with Crippen molar-refractivity contribution in [2.24, 2.45) is 0 Å². The molecule has 0 aliphatic carbocycles. The van der Waals surface area contributed by atoms with Crippen molar-refractivity contribution in [2.75, 3.05) is 0 Å². The number of rotatable bonds is 5. The van der Waals surface area contributed by atoms with Gasteiger partial charge in [-0.25, -0.2) is 18.4 Å². The van der Waals surface area contributed by atoms with Gasteiger partial charge in [0, 0.05) is 23.2 Å². The smallest absolute Gasteiger partial charge is 0.332 e. The molecule has 2 aromatic heterocycles. The predicted octanol–water partition coefficient (Wildman–Crippen LogP) is 2.09. The highest BCUT2D eigenvalue weighted by Crippen LogP contribution is 2.47. The van der Waals surface area contributed by atoms with E-state index in [1.54, 1.807) is 0 Å². The lowest BCUT2D eigenvalue weighted by Crippen LogP contribution is -2.47. The first-order valence-corrected chi connectivity index (χ1v) is 7.39. The van der Waals surface area contributed by atoms with Crippen molar-refractivity contribution in [1.82, 2.24) is 25.2 Å². The summed E-state index contributed by atoms with van der Waals surface area (Å²) in [6.07, 6.45) is 2.12. The molecule has 1 aromatic carbocycles. The van der Waals surface area contributed by atoms with E-state index < -0.39 is 40.3 Å². The Labute approximate surface area is 136 Å². The van der Waals surface area contributed by atoms with Gasteiger partial charge in [0.2, 0.25) is 0 Å². The molecule has 1 unspecified atom stereocenters. The molecule has 24 heavy (non-hydrogen) atoms. The third kappa shape index (κ3) is 2.65. The third-order valence-corrected chi connectivity index (χ3v) is 4.22. The molecule has 0 radical (unpaired) electrons. The number of aromatic nitrogens is 5. The van der Waals surface area contributed by atoms with E-state index in [1.807, 2.05) is 0 Å². The number of tetrazole rings is 1. The van der Waals surface area contributed by atoms with Gasteiger partial charge < -0.3 is 5.11 Å². The third-order valence-electron chi connectivity index (χ3n) is 3.38. The maximum absolute atomic E-state index is 15.0. The summed E-state index contributed by atoms with van der Waals surface area (Å²) >= 11 is 0.594. The monoisotopic (exact) mass is 359 g/mol. The summed E-state index contributed by atoms with van der Waals surface area (Å²) in [4.78, 5) is 3.51. The fraction of sp³-hybridized carbons (Fsp3) is 0.231. The van der Waals surface area contributed by atoms with Crippen LogP contribution in [-0.4, -0.2) is 30.3 Å². The number of thiazole rings is 1. The summed E-state index contributed by atoms with van der Waals surface area (Å²) in [6, 6.07) is 1.95. The molecule has 0 saturated heterocycles. The molecule has 6 nitrogen and oxygen atoms in total. The highest BCUT2D eigenvalue weighted by molar-refractivity contribution is 7.09. The van der Waals surface area contributed by atoms with E-state index in [0.29, 0.717) is 17.4 Å². The second kappa shape index (κ2) is 5.91. The van der Waals surface area contributed by atoms with Crippen molar-refractivity contribution in [3.05, 3.63) is 58.3 Å². The van der Waals surface area contributed by atoms with Crippen LogP contribution in [0.1, 0.15) is 10.6 Å². The molecule has 0 aliphatic heterocycles. The van der Waals surface area contributed by atoms with Crippen LogP contribution in [0.4, 0.5) is 17.6 Å². The first kappa shape index (κ1) is 16.5. The zero-order chi connectivity index (χ0) is 17.4. The molecular weight excluding hydrogens is 350 g/mol. The highest BCUT2D eigenvalue weighted by Gasteiger charge is 2.58. The van der Waals surface area contributed by atoms with Gasteiger partial charge in [-0.2, -0.15) is 8.78 Å². The zero-order valence-corrected chi connectivity index (χ0v) is 12.6.